The summed E-state index contributed by atoms with van der Waals surface area (Å²) in [4.78, 5) is 5.49. The molecule has 0 spiro atoms. The second-order valence-electron chi connectivity index (χ2n) is 4.30. The Morgan fingerprint density at radius 3 is 3.00 bits per heavy atom. The molecule has 0 aliphatic rings. The second kappa shape index (κ2) is 5.13. The Hall–Kier alpha value is -1.07. The minimum atomic E-state index is -0.212. The van der Waals surface area contributed by atoms with E-state index in [4.69, 9.17) is 28.9 Å². The number of nitrogens with zero attached hydrogens (tertiary/aromatic N) is 2. The van der Waals surface area contributed by atoms with Crippen LogP contribution in [0, 0.1) is 0 Å². The number of hydrogen-bond donors (Lipinski definition) is 1. The number of imidazole rings is 1. The first-order valence-corrected chi connectivity index (χ1v) is 7.38. The van der Waals surface area contributed by atoms with Crippen LogP contribution < -0.4 is 5.73 Å². The lowest BCUT2D eigenvalue weighted by Gasteiger charge is -2.12. The molecule has 2 N–H and O–H groups in total. The van der Waals surface area contributed by atoms with Crippen molar-refractivity contribution in [3.8, 4) is 0 Å². The van der Waals surface area contributed by atoms with Crippen LogP contribution in [0.25, 0.3) is 4.96 Å². The van der Waals surface area contributed by atoms with Gasteiger partial charge in [-0.2, -0.15) is 0 Å². The van der Waals surface area contributed by atoms with Crippen molar-refractivity contribution in [2.24, 2.45) is 5.73 Å². The van der Waals surface area contributed by atoms with E-state index >= 15 is 0 Å². The predicted molar refractivity (Wildman–Crippen MR) is 80.2 cm³/mol. The van der Waals surface area contributed by atoms with Crippen LogP contribution in [0.15, 0.2) is 36.0 Å². The molecule has 19 heavy (non-hydrogen) atoms. The molecule has 3 rings (SSSR count). The summed E-state index contributed by atoms with van der Waals surface area (Å²) in [5.74, 6) is 0. The maximum absolute atomic E-state index is 6.20. The highest BCUT2D eigenvalue weighted by molar-refractivity contribution is 7.15. The average Bonchev–Trinajstić information content (AvgIpc) is 2.92. The van der Waals surface area contributed by atoms with Gasteiger partial charge in [0, 0.05) is 40.3 Å². The van der Waals surface area contributed by atoms with Crippen molar-refractivity contribution in [1.29, 1.82) is 0 Å². The molecule has 0 bridgehead atoms. The van der Waals surface area contributed by atoms with Gasteiger partial charge in [-0.25, -0.2) is 4.98 Å². The Labute approximate surface area is 124 Å². The van der Waals surface area contributed by atoms with E-state index in [0.717, 1.165) is 16.2 Å². The Bertz CT molecular complexity index is 691. The summed E-state index contributed by atoms with van der Waals surface area (Å²) in [6, 6.07) is 5.13. The molecule has 2 aromatic heterocycles. The first kappa shape index (κ1) is 12.9. The van der Waals surface area contributed by atoms with Crippen molar-refractivity contribution in [2.45, 2.75) is 12.5 Å². The molecule has 0 aliphatic heterocycles. The Morgan fingerprint density at radius 2 is 2.21 bits per heavy atom. The van der Waals surface area contributed by atoms with Crippen LogP contribution in [0.1, 0.15) is 17.3 Å². The van der Waals surface area contributed by atoms with Gasteiger partial charge >= 0.3 is 0 Å². The average molecular weight is 312 g/mol. The smallest absolute Gasteiger partial charge is 0.193 e. The van der Waals surface area contributed by atoms with E-state index in [1.807, 2.05) is 28.2 Å². The van der Waals surface area contributed by atoms with Crippen molar-refractivity contribution in [3.05, 3.63) is 57.3 Å². The molecule has 0 saturated heterocycles. The third-order valence-electron chi connectivity index (χ3n) is 2.93. The molecule has 0 saturated carbocycles. The van der Waals surface area contributed by atoms with E-state index in [0.29, 0.717) is 16.5 Å². The van der Waals surface area contributed by atoms with Gasteiger partial charge < -0.3 is 5.73 Å². The molecule has 2 heterocycles. The fourth-order valence-electron chi connectivity index (χ4n) is 2.01. The molecule has 0 radical (unpaired) electrons. The zero-order valence-corrected chi connectivity index (χ0v) is 12.2. The molecule has 0 fully saturated rings. The standard InChI is InChI=1S/C13H11Cl2N3S/c14-8-1-2-11(15)10(5-8)12(16)6-9-7-18-3-4-19-13(18)17-9/h1-5,7,12H,6,16H2. The van der Waals surface area contributed by atoms with E-state index < -0.39 is 0 Å². The number of nitrogens with two attached hydrogens (primary N) is 1. The molecule has 1 aromatic carbocycles. The Morgan fingerprint density at radius 1 is 1.37 bits per heavy atom. The molecule has 3 nitrogen and oxygen atoms in total. The van der Waals surface area contributed by atoms with E-state index in [1.165, 1.54) is 0 Å². The van der Waals surface area contributed by atoms with Gasteiger partial charge in [-0.05, 0) is 23.8 Å². The maximum Gasteiger partial charge on any atom is 0.193 e. The van der Waals surface area contributed by atoms with Gasteiger partial charge in [-0.15, -0.1) is 11.3 Å². The monoisotopic (exact) mass is 311 g/mol. The summed E-state index contributed by atoms with van der Waals surface area (Å²) in [6.07, 6.45) is 4.60. The summed E-state index contributed by atoms with van der Waals surface area (Å²) in [5.41, 5.74) is 8.00. The lowest BCUT2D eigenvalue weighted by atomic mass is 10.0. The molecule has 1 unspecified atom stereocenters. The first-order chi connectivity index (χ1) is 9.13. The maximum atomic E-state index is 6.20. The van der Waals surface area contributed by atoms with Crippen molar-refractivity contribution in [3.63, 3.8) is 0 Å². The van der Waals surface area contributed by atoms with Gasteiger partial charge in [0.1, 0.15) is 0 Å². The highest BCUT2D eigenvalue weighted by Gasteiger charge is 2.14. The minimum Gasteiger partial charge on any atom is -0.324 e. The third kappa shape index (κ3) is 2.62. The van der Waals surface area contributed by atoms with Crippen LogP contribution in [-0.2, 0) is 6.42 Å². The number of benzene rings is 1. The van der Waals surface area contributed by atoms with E-state index in [2.05, 4.69) is 4.98 Å². The number of rotatable bonds is 3. The molecule has 3 aromatic rings. The summed E-state index contributed by atoms with van der Waals surface area (Å²) in [5, 5.41) is 3.28. The number of hydrogen-bond acceptors (Lipinski definition) is 3. The van der Waals surface area contributed by atoms with Gasteiger partial charge in [0.2, 0.25) is 0 Å². The van der Waals surface area contributed by atoms with Gasteiger partial charge in [-0.3, -0.25) is 4.40 Å². The van der Waals surface area contributed by atoms with Gasteiger partial charge in [0.15, 0.2) is 4.96 Å². The zero-order valence-electron chi connectivity index (χ0n) is 9.88. The van der Waals surface area contributed by atoms with Crippen LogP contribution in [0.5, 0.6) is 0 Å². The van der Waals surface area contributed by atoms with Crippen LogP contribution in [0.2, 0.25) is 10.0 Å². The fourth-order valence-corrected chi connectivity index (χ4v) is 3.17. The van der Waals surface area contributed by atoms with E-state index in [-0.39, 0.29) is 6.04 Å². The lowest BCUT2D eigenvalue weighted by molar-refractivity contribution is 0.710. The van der Waals surface area contributed by atoms with Gasteiger partial charge in [-0.1, -0.05) is 23.2 Å². The second-order valence-corrected chi connectivity index (χ2v) is 6.02. The first-order valence-electron chi connectivity index (χ1n) is 5.75. The summed E-state index contributed by atoms with van der Waals surface area (Å²) in [7, 11) is 0. The predicted octanol–water partition coefficient (Wildman–Crippen LogP) is 3.95. The van der Waals surface area contributed by atoms with Crippen molar-refractivity contribution >= 4 is 39.5 Å². The normalized spacial score (nSPS) is 13.0. The van der Waals surface area contributed by atoms with E-state index in [1.54, 1.807) is 23.5 Å². The highest BCUT2D eigenvalue weighted by atomic mass is 35.5. The topological polar surface area (TPSA) is 43.3 Å². The molecular weight excluding hydrogens is 301 g/mol. The third-order valence-corrected chi connectivity index (χ3v) is 4.28. The van der Waals surface area contributed by atoms with Gasteiger partial charge in [0.05, 0.1) is 5.69 Å². The molecule has 1 atom stereocenters. The highest BCUT2D eigenvalue weighted by Crippen LogP contribution is 2.27. The Balaban J connectivity index is 1.86. The minimum absolute atomic E-state index is 0.212. The van der Waals surface area contributed by atoms with E-state index in [9.17, 15) is 0 Å². The van der Waals surface area contributed by atoms with Crippen LogP contribution in [-0.4, -0.2) is 9.38 Å². The molecular formula is C13H11Cl2N3S. The molecule has 6 heteroatoms. The van der Waals surface area contributed by atoms with Gasteiger partial charge in [0.25, 0.3) is 0 Å². The van der Waals surface area contributed by atoms with Crippen LogP contribution >= 0.6 is 34.5 Å². The SMILES string of the molecule is NC(Cc1cn2ccsc2n1)c1cc(Cl)ccc1Cl. The Kier molecular flexibility index (Phi) is 3.50. The lowest BCUT2D eigenvalue weighted by Crippen LogP contribution is -2.14. The summed E-state index contributed by atoms with van der Waals surface area (Å²) in [6.45, 7) is 0. The van der Waals surface area contributed by atoms with Crippen LogP contribution in [0.3, 0.4) is 0 Å². The van der Waals surface area contributed by atoms with Crippen molar-refractivity contribution < 1.29 is 0 Å². The number of fused-ring (bicyclic) bond motifs is 1. The summed E-state index contributed by atoms with van der Waals surface area (Å²) < 4.78 is 1.99. The van der Waals surface area contributed by atoms with Crippen molar-refractivity contribution in [2.75, 3.05) is 0 Å². The largest absolute Gasteiger partial charge is 0.324 e. The number of aromatic nitrogens is 2. The molecule has 98 valence electrons. The zero-order chi connectivity index (χ0) is 13.4. The summed E-state index contributed by atoms with van der Waals surface area (Å²) >= 11 is 13.7. The number of thiazole rings is 1. The quantitative estimate of drug-likeness (QED) is 0.796. The van der Waals surface area contributed by atoms with Crippen LogP contribution in [0.4, 0.5) is 0 Å². The molecule has 0 amide bonds. The molecule has 0 aliphatic carbocycles. The fraction of sp³-hybridized carbons (Fsp3) is 0.154. The number of halogens is 2. The van der Waals surface area contributed by atoms with Crippen molar-refractivity contribution in [1.82, 2.24) is 9.38 Å².